The van der Waals surface area contributed by atoms with Crippen LogP contribution in [0.4, 0.5) is 0 Å². The molecule has 1 aliphatic rings. The van der Waals surface area contributed by atoms with E-state index in [2.05, 4.69) is 18.9 Å². The third kappa shape index (κ3) is 3.12. The van der Waals surface area contributed by atoms with Gasteiger partial charge in [0.25, 0.3) is 0 Å². The normalized spacial score (nSPS) is 28.8. The summed E-state index contributed by atoms with van der Waals surface area (Å²) in [5, 5.41) is 15.2. The Labute approximate surface area is 109 Å². The summed E-state index contributed by atoms with van der Waals surface area (Å²) >= 11 is 0. The topological polar surface area (TPSA) is 47.3 Å². The molecule has 0 radical (unpaired) electrons. The zero-order chi connectivity index (χ0) is 13.2. The highest BCUT2D eigenvalue weighted by molar-refractivity contribution is 5.06. The van der Waals surface area contributed by atoms with Gasteiger partial charge >= 0.3 is 0 Å². The van der Waals surface area contributed by atoms with Crippen LogP contribution in [0.2, 0.25) is 0 Å². The SMILES string of the molecule is COC1CCCC(O)(Cc2ccn(C(C)C)n2)C1. The lowest BCUT2D eigenvalue weighted by Gasteiger charge is -2.35. The van der Waals surface area contributed by atoms with Gasteiger partial charge in [0.05, 0.1) is 17.4 Å². The van der Waals surface area contributed by atoms with Gasteiger partial charge in [-0.2, -0.15) is 5.10 Å². The van der Waals surface area contributed by atoms with E-state index in [-0.39, 0.29) is 6.10 Å². The molecule has 2 unspecified atom stereocenters. The molecular formula is C14H24N2O2. The highest BCUT2D eigenvalue weighted by Gasteiger charge is 2.35. The third-order valence-electron chi connectivity index (χ3n) is 3.81. The van der Waals surface area contributed by atoms with Crippen LogP contribution in [-0.2, 0) is 11.2 Å². The minimum atomic E-state index is -0.644. The Balaban J connectivity index is 2.02. The van der Waals surface area contributed by atoms with E-state index >= 15 is 0 Å². The fraction of sp³-hybridized carbons (Fsp3) is 0.786. The zero-order valence-corrected chi connectivity index (χ0v) is 11.6. The summed E-state index contributed by atoms with van der Waals surface area (Å²) in [5.41, 5.74) is 0.331. The number of aromatic nitrogens is 2. The first-order valence-electron chi connectivity index (χ1n) is 6.81. The minimum Gasteiger partial charge on any atom is -0.389 e. The van der Waals surface area contributed by atoms with Gasteiger partial charge in [0, 0.05) is 32.2 Å². The van der Waals surface area contributed by atoms with E-state index < -0.39 is 5.60 Å². The first-order chi connectivity index (χ1) is 8.52. The lowest BCUT2D eigenvalue weighted by molar-refractivity contribution is -0.0586. The number of hydrogen-bond donors (Lipinski definition) is 1. The van der Waals surface area contributed by atoms with Crippen molar-refractivity contribution in [1.82, 2.24) is 9.78 Å². The second kappa shape index (κ2) is 5.41. The summed E-state index contributed by atoms with van der Waals surface area (Å²) < 4.78 is 7.32. The molecule has 4 heteroatoms. The van der Waals surface area contributed by atoms with Crippen molar-refractivity contribution in [3.63, 3.8) is 0 Å². The number of aliphatic hydroxyl groups is 1. The quantitative estimate of drug-likeness (QED) is 0.894. The third-order valence-corrected chi connectivity index (χ3v) is 3.81. The van der Waals surface area contributed by atoms with Crippen LogP contribution >= 0.6 is 0 Å². The van der Waals surface area contributed by atoms with Crippen LogP contribution in [0.5, 0.6) is 0 Å². The van der Waals surface area contributed by atoms with E-state index in [1.807, 2.05) is 16.9 Å². The van der Waals surface area contributed by atoms with Gasteiger partial charge in [-0.25, -0.2) is 0 Å². The van der Waals surface area contributed by atoms with Crippen LogP contribution in [0.25, 0.3) is 0 Å². The van der Waals surface area contributed by atoms with E-state index in [1.54, 1.807) is 7.11 Å². The molecule has 0 amide bonds. The van der Waals surface area contributed by atoms with Crippen LogP contribution in [0.1, 0.15) is 51.3 Å². The highest BCUT2D eigenvalue weighted by atomic mass is 16.5. The molecule has 1 aromatic rings. The van der Waals surface area contributed by atoms with E-state index in [0.29, 0.717) is 12.5 Å². The molecule has 0 saturated heterocycles. The molecule has 2 rings (SSSR count). The first kappa shape index (κ1) is 13.6. The van der Waals surface area contributed by atoms with Crippen LogP contribution in [-0.4, -0.2) is 33.7 Å². The van der Waals surface area contributed by atoms with Crippen molar-refractivity contribution >= 4 is 0 Å². The maximum Gasteiger partial charge on any atom is 0.0728 e. The predicted molar refractivity (Wildman–Crippen MR) is 70.5 cm³/mol. The summed E-state index contributed by atoms with van der Waals surface area (Å²) in [4.78, 5) is 0. The highest BCUT2D eigenvalue weighted by Crippen LogP contribution is 2.32. The Hall–Kier alpha value is -0.870. The van der Waals surface area contributed by atoms with Crippen molar-refractivity contribution < 1.29 is 9.84 Å². The van der Waals surface area contributed by atoms with Crippen molar-refractivity contribution in [2.45, 2.75) is 63.7 Å². The van der Waals surface area contributed by atoms with Crippen LogP contribution < -0.4 is 0 Å². The monoisotopic (exact) mass is 252 g/mol. The van der Waals surface area contributed by atoms with E-state index in [1.165, 1.54) is 0 Å². The number of methoxy groups -OCH3 is 1. The number of hydrogen-bond acceptors (Lipinski definition) is 3. The summed E-state index contributed by atoms with van der Waals surface area (Å²) in [6.45, 7) is 4.21. The van der Waals surface area contributed by atoms with Crippen LogP contribution in [0.15, 0.2) is 12.3 Å². The van der Waals surface area contributed by atoms with Gasteiger partial charge in [0.1, 0.15) is 0 Å². The molecule has 0 bridgehead atoms. The second-order valence-corrected chi connectivity index (χ2v) is 5.74. The van der Waals surface area contributed by atoms with Gasteiger partial charge in [0.2, 0.25) is 0 Å². The molecule has 1 aliphatic carbocycles. The Kier molecular flexibility index (Phi) is 4.07. The van der Waals surface area contributed by atoms with Crippen LogP contribution in [0.3, 0.4) is 0 Å². The van der Waals surface area contributed by atoms with E-state index in [4.69, 9.17) is 4.74 Å². The molecule has 102 valence electrons. The second-order valence-electron chi connectivity index (χ2n) is 5.74. The average Bonchev–Trinajstić information content (AvgIpc) is 2.77. The molecule has 0 aliphatic heterocycles. The fourth-order valence-corrected chi connectivity index (χ4v) is 2.74. The van der Waals surface area contributed by atoms with E-state index in [0.717, 1.165) is 31.4 Å². The molecule has 2 atom stereocenters. The van der Waals surface area contributed by atoms with Crippen molar-refractivity contribution in [2.75, 3.05) is 7.11 Å². The van der Waals surface area contributed by atoms with Gasteiger partial charge in [-0.3, -0.25) is 4.68 Å². The van der Waals surface area contributed by atoms with Crippen molar-refractivity contribution in [1.29, 1.82) is 0 Å². The first-order valence-corrected chi connectivity index (χ1v) is 6.81. The fourth-order valence-electron chi connectivity index (χ4n) is 2.74. The lowest BCUT2D eigenvalue weighted by atomic mass is 9.80. The van der Waals surface area contributed by atoms with Gasteiger partial charge < -0.3 is 9.84 Å². The predicted octanol–water partition coefficient (Wildman–Crippen LogP) is 2.33. The summed E-state index contributed by atoms with van der Waals surface area (Å²) in [6, 6.07) is 2.38. The molecule has 1 saturated carbocycles. The van der Waals surface area contributed by atoms with E-state index in [9.17, 15) is 5.11 Å². The van der Waals surface area contributed by atoms with Crippen molar-refractivity contribution in [3.05, 3.63) is 18.0 Å². The maximum atomic E-state index is 10.6. The Morgan fingerprint density at radius 3 is 3.00 bits per heavy atom. The Morgan fingerprint density at radius 2 is 2.39 bits per heavy atom. The summed E-state index contributed by atoms with van der Waals surface area (Å²) in [6.07, 6.45) is 6.46. The molecule has 1 fully saturated rings. The minimum absolute atomic E-state index is 0.191. The smallest absolute Gasteiger partial charge is 0.0728 e. The van der Waals surface area contributed by atoms with Crippen molar-refractivity contribution in [3.8, 4) is 0 Å². The molecule has 1 heterocycles. The average molecular weight is 252 g/mol. The van der Waals surface area contributed by atoms with Gasteiger partial charge in [-0.1, -0.05) is 0 Å². The molecule has 4 nitrogen and oxygen atoms in total. The number of ether oxygens (including phenoxy) is 1. The van der Waals surface area contributed by atoms with Crippen molar-refractivity contribution in [2.24, 2.45) is 0 Å². The lowest BCUT2D eigenvalue weighted by Crippen LogP contribution is -2.40. The largest absolute Gasteiger partial charge is 0.389 e. The Bertz CT molecular complexity index is 389. The molecule has 1 N–H and O–H groups in total. The summed E-state index contributed by atoms with van der Waals surface area (Å²) in [7, 11) is 1.73. The number of rotatable bonds is 4. The maximum absolute atomic E-state index is 10.6. The molecule has 18 heavy (non-hydrogen) atoms. The van der Waals surface area contributed by atoms with Gasteiger partial charge in [0.15, 0.2) is 0 Å². The van der Waals surface area contributed by atoms with Gasteiger partial charge in [-0.15, -0.1) is 0 Å². The standard InChI is InChI=1S/C14H24N2O2/c1-11(2)16-8-6-12(15-16)9-14(17)7-4-5-13(10-14)18-3/h6,8,11,13,17H,4-5,7,9-10H2,1-3H3. The molecule has 0 aromatic carbocycles. The molecule has 1 aromatic heterocycles. The molecular weight excluding hydrogens is 228 g/mol. The number of nitrogens with zero attached hydrogens (tertiary/aromatic N) is 2. The molecule has 0 spiro atoms. The van der Waals surface area contributed by atoms with Crippen LogP contribution in [0, 0.1) is 0 Å². The zero-order valence-electron chi connectivity index (χ0n) is 11.6. The van der Waals surface area contributed by atoms with Gasteiger partial charge in [-0.05, 0) is 39.2 Å². The summed E-state index contributed by atoms with van der Waals surface area (Å²) in [5.74, 6) is 0. The Morgan fingerprint density at radius 1 is 1.61 bits per heavy atom.